The first-order valence-electron chi connectivity index (χ1n) is 6.27. The molecule has 0 aliphatic rings. The molecule has 19 heavy (non-hydrogen) atoms. The normalized spacial score (nSPS) is 12.4. The second-order valence-electron chi connectivity index (χ2n) is 4.41. The van der Waals surface area contributed by atoms with Gasteiger partial charge < -0.3 is 10.5 Å². The van der Waals surface area contributed by atoms with Crippen LogP contribution in [0.4, 0.5) is 5.82 Å². The van der Waals surface area contributed by atoms with Gasteiger partial charge in [-0.1, -0.05) is 23.7 Å². The van der Waals surface area contributed by atoms with E-state index in [1.54, 1.807) is 4.68 Å². The largest absolute Gasteiger partial charge is 0.494 e. The Balaban J connectivity index is 2.28. The van der Waals surface area contributed by atoms with Crippen LogP contribution in [-0.2, 0) is 0 Å². The molecule has 1 heterocycles. The van der Waals surface area contributed by atoms with Crippen LogP contribution >= 0.6 is 11.6 Å². The van der Waals surface area contributed by atoms with Gasteiger partial charge in [-0.2, -0.15) is 5.10 Å². The zero-order chi connectivity index (χ0) is 14.0. The molecule has 0 aliphatic heterocycles. The van der Waals surface area contributed by atoms with Crippen LogP contribution < -0.4 is 10.5 Å². The van der Waals surface area contributed by atoms with Gasteiger partial charge >= 0.3 is 0 Å². The standard InChI is InChI=1S/C14H18ClN3O/c1-4-19-12-7-5-11(6-8-12)10(3)18-14(16)13(15)9(2)17-18/h5-8,10H,4,16H2,1-3H3. The van der Waals surface area contributed by atoms with E-state index in [0.29, 0.717) is 17.4 Å². The molecule has 5 heteroatoms. The molecule has 2 N–H and O–H groups in total. The molecule has 0 saturated carbocycles. The van der Waals surface area contributed by atoms with Crippen LogP contribution in [0.1, 0.15) is 31.1 Å². The SMILES string of the molecule is CCOc1ccc(C(C)n2nc(C)c(Cl)c2N)cc1. The van der Waals surface area contributed by atoms with Crippen molar-refractivity contribution >= 4 is 17.4 Å². The van der Waals surface area contributed by atoms with Crippen molar-refractivity contribution in [1.29, 1.82) is 0 Å². The Labute approximate surface area is 118 Å². The van der Waals surface area contributed by atoms with Gasteiger partial charge in [0.15, 0.2) is 0 Å². The number of nitrogens with zero attached hydrogens (tertiary/aromatic N) is 2. The summed E-state index contributed by atoms with van der Waals surface area (Å²) in [4.78, 5) is 0. The molecule has 0 fully saturated rings. The number of halogens is 1. The van der Waals surface area contributed by atoms with Crippen molar-refractivity contribution in [2.24, 2.45) is 0 Å². The van der Waals surface area contributed by atoms with Gasteiger partial charge in [-0.05, 0) is 38.5 Å². The molecule has 2 rings (SSSR count). The summed E-state index contributed by atoms with van der Waals surface area (Å²) in [5, 5.41) is 4.90. The average Bonchev–Trinajstić information content (AvgIpc) is 2.67. The van der Waals surface area contributed by atoms with E-state index in [2.05, 4.69) is 5.10 Å². The van der Waals surface area contributed by atoms with Crippen molar-refractivity contribution in [2.75, 3.05) is 12.3 Å². The lowest BCUT2D eigenvalue weighted by atomic mass is 10.1. The van der Waals surface area contributed by atoms with Crippen molar-refractivity contribution < 1.29 is 4.74 Å². The molecule has 4 nitrogen and oxygen atoms in total. The van der Waals surface area contributed by atoms with Crippen LogP contribution in [0.2, 0.25) is 5.02 Å². The zero-order valence-electron chi connectivity index (χ0n) is 11.4. The minimum Gasteiger partial charge on any atom is -0.494 e. The molecule has 0 aliphatic carbocycles. The van der Waals surface area contributed by atoms with Crippen LogP contribution in [0.15, 0.2) is 24.3 Å². The molecule has 0 saturated heterocycles. The number of aromatic nitrogens is 2. The first-order valence-corrected chi connectivity index (χ1v) is 6.65. The van der Waals surface area contributed by atoms with Crippen molar-refractivity contribution in [2.45, 2.75) is 26.8 Å². The Morgan fingerprint density at radius 3 is 2.47 bits per heavy atom. The number of nitrogens with two attached hydrogens (primary N) is 1. The number of hydrogen-bond donors (Lipinski definition) is 1. The van der Waals surface area contributed by atoms with Gasteiger partial charge in [-0.25, -0.2) is 4.68 Å². The molecule has 102 valence electrons. The summed E-state index contributed by atoms with van der Waals surface area (Å²) in [6.07, 6.45) is 0. The highest BCUT2D eigenvalue weighted by Crippen LogP contribution is 2.28. The van der Waals surface area contributed by atoms with E-state index in [0.717, 1.165) is 17.0 Å². The van der Waals surface area contributed by atoms with Crippen LogP contribution in [-0.4, -0.2) is 16.4 Å². The first kappa shape index (κ1) is 13.7. The van der Waals surface area contributed by atoms with Crippen molar-refractivity contribution in [3.8, 4) is 5.75 Å². The molecule has 2 aromatic rings. The van der Waals surface area contributed by atoms with Gasteiger partial charge in [0.2, 0.25) is 0 Å². The zero-order valence-corrected chi connectivity index (χ0v) is 12.1. The highest BCUT2D eigenvalue weighted by Gasteiger charge is 2.16. The smallest absolute Gasteiger partial charge is 0.141 e. The molecule has 1 unspecified atom stereocenters. The number of aryl methyl sites for hydroxylation is 1. The van der Waals surface area contributed by atoms with Gasteiger partial charge in [0.1, 0.15) is 16.6 Å². The third-order valence-corrected chi connectivity index (χ3v) is 3.55. The Kier molecular flexibility index (Phi) is 4.00. The van der Waals surface area contributed by atoms with Crippen molar-refractivity contribution in [3.63, 3.8) is 0 Å². The summed E-state index contributed by atoms with van der Waals surface area (Å²) in [6.45, 7) is 6.51. The van der Waals surface area contributed by atoms with Gasteiger partial charge in [-0.3, -0.25) is 0 Å². The summed E-state index contributed by atoms with van der Waals surface area (Å²) in [5.41, 5.74) is 7.82. The van der Waals surface area contributed by atoms with Crippen LogP contribution in [0, 0.1) is 6.92 Å². The van der Waals surface area contributed by atoms with E-state index in [1.807, 2.05) is 45.0 Å². The highest BCUT2D eigenvalue weighted by atomic mass is 35.5. The maximum absolute atomic E-state index is 6.07. The molecule has 1 atom stereocenters. The van der Waals surface area contributed by atoms with E-state index < -0.39 is 0 Å². The lowest BCUT2D eigenvalue weighted by Gasteiger charge is -2.15. The van der Waals surface area contributed by atoms with Gasteiger partial charge in [0.05, 0.1) is 18.3 Å². The third-order valence-electron chi connectivity index (χ3n) is 3.09. The van der Waals surface area contributed by atoms with Crippen LogP contribution in [0.3, 0.4) is 0 Å². The molecule has 0 amide bonds. The highest BCUT2D eigenvalue weighted by molar-refractivity contribution is 6.33. The Bertz CT molecular complexity index is 563. The Morgan fingerprint density at radius 2 is 2.00 bits per heavy atom. The topological polar surface area (TPSA) is 53.1 Å². The minimum atomic E-state index is 0.0295. The number of benzene rings is 1. The summed E-state index contributed by atoms with van der Waals surface area (Å²) >= 11 is 6.07. The molecule has 0 radical (unpaired) electrons. The molecular weight excluding hydrogens is 262 g/mol. The summed E-state index contributed by atoms with van der Waals surface area (Å²) in [7, 11) is 0. The number of anilines is 1. The van der Waals surface area contributed by atoms with Crippen LogP contribution in [0.5, 0.6) is 5.75 Å². The predicted octanol–water partition coefficient (Wildman–Crippen LogP) is 3.44. The summed E-state index contributed by atoms with van der Waals surface area (Å²) in [6, 6.07) is 7.95. The summed E-state index contributed by atoms with van der Waals surface area (Å²) in [5.74, 6) is 1.36. The fourth-order valence-electron chi connectivity index (χ4n) is 1.99. The fourth-order valence-corrected chi connectivity index (χ4v) is 2.12. The van der Waals surface area contributed by atoms with E-state index in [-0.39, 0.29) is 6.04 Å². The Morgan fingerprint density at radius 1 is 1.37 bits per heavy atom. The van der Waals surface area contributed by atoms with E-state index >= 15 is 0 Å². The Hall–Kier alpha value is -1.68. The molecule has 1 aromatic heterocycles. The van der Waals surface area contributed by atoms with E-state index in [4.69, 9.17) is 22.1 Å². The molecule has 0 spiro atoms. The maximum atomic E-state index is 6.07. The molecule has 0 bridgehead atoms. The third kappa shape index (κ3) is 2.68. The van der Waals surface area contributed by atoms with E-state index in [9.17, 15) is 0 Å². The maximum Gasteiger partial charge on any atom is 0.141 e. The lowest BCUT2D eigenvalue weighted by molar-refractivity contribution is 0.340. The monoisotopic (exact) mass is 279 g/mol. The second-order valence-corrected chi connectivity index (χ2v) is 4.79. The minimum absolute atomic E-state index is 0.0295. The van der Waals surface area contributed by atoms with E-state index in [1.165, 1.54) is 0 Å². The van der Waals surface area contributed by atoms with Gasteiger partial charge in [-0.15, -0.1) is 0 Å². The van der Waals surface area contributed by atoms with Crippen molar-refractivity contribution in [1.82, 2.24) is 9.78 Å². The fraction of sp³-hybridized carbons (Fsp3) is 0.357. The predicted molar refractivity (Wildman–Crippen MR) is 77.8 cm³/mol. The summed E-state index contributed by atoms with van der Waals surface area (Å²) < 4.78 is 7.17. The van der Waals surface area contributed by atoms with Crippen molar-refractivity contribution in [3.05, 3.63) is 40.5 Å². The average molecular weight is 280 g/mol. The second kappa shape index (κ2) is 5.53. The number of nitrogen functional groups attached to an aromatic ring is 1. The molecular formula is C14H18ClN3O. The number of hydrogen-bond acceptors (Lipinski definition) is 3. The van der Waals surface area contributed by atoms with Gasteiger partial charge in [0.25, 0.3) is 0 Å². The first-order chi connectivity index (χ1) is 9.04. The molecule has 1 aromatic carbocycles. The van der Waals surface area contributed by atoms with Gasteiger partial charge in [0, 0.05) is 0 Å². The number of ether oxygens (including phenoxy) is 1. The number of rotatable bonds is 4. The lowest BCUT2D eigenvalue weighted by Crippen LogP contribution is -2.11. The van der Waals surface area contributed by atoms with Crippen LogP contribution in [0.25, 0.3) is 0 Å². The quantitative estimate of drug-likeness (QED) is 0.933.